The first kappa shape index (κ1) is 11.9. The minimum atomic E-state index is -0.913. The van der Waals surface area contributed by atoms with Crippen molar-refractivity contribution in [2.24, 2.45) is 0 Å². The van der Waals surface area contributed by atoms with Gasteiger partial charge in [-0.15, -0.1) is 0 Å². The second-order valence-electron chi connectivity index (χ2n) is 4.70. The summed E-state index contributed by atoms with van der Waals surface area (Å²) in [6, 6.07) is 3.22. The molecule has 0 unspecified atom stereocenters. The molecule has 1 aromatic rings. The summed E-state index contributed by atoms with van der Waals surface area (Å²) in [7, 11) is 0. The van der Waals surface area contributed by atoms with Crippen molar-refractivity contribution in [2.45, 2.75) is 38.5 Å². The lowest BCUT2D eigenvalue weighted by atomic mass is 9.67. The van der Waals surface area contributed by atoms with E-state index in [1.807, 2.05) is 6.92 Å². The molecule has 4 nitrogen and oxygen atoms in total. The average molecular weight is 235 g/mol. The third-order valence-corrected chi connectivity index (χ3v) is 3.42. The fourth-order valence-electron chi connectivity index (χ4n) is 2.25. The minimum absolute atomic E-state index is 0.0964. The van der Waals surface area contributed by atoms with Crippen LogP contribution in [0.15, 0.2) is 12.1 Å². The van der Waals surface area contributed by atoms with E-state index in [0.29, 0.717) is 23.7 Å². The van der Waals surface area contributed by atoms with Crippen LogP contribution in [0.5, 0.6) is 5.88 Å². The first-order valence-corrected chi connectivity index (χ1v) is 5.94. The number of aromatic nitrogens is 1. The molecular weight excluding hydrogens is 218 g/mol. The minimum Gasteiger partial charge on any atom is -0.478 e. The maximum Gasteiger partial charge on any atom is 0.337 e. The summed E-state index contributed by atoms with van der Waals surface area (Å²) in [5, 5.41) is 9.19. The first-order chi connectivity index (χ1) is 8.07. The molecule has 0 radical (unpaired) electrons. The van der Waals surface area contributed by atoms with Crippen molar-refractivity contribution in [3.63, 3.8) is 0 Å². The maximum atomic E-state index is 11.2. The normalized spacial score (nSPS) is 17.3. The van der Waals surface area contributed by atoms with Gasteiger partial charge in [0.2, 0.25) is 5.88 Å². The van der Waals surface area contributed by atoms with Gasteiger partial charge in [-0.2, -0.15) is 0 Å². The van der Waals surface area contributed by atoms with E-state index in [9.17, 15) is 9.90 Å². The molecule has 1 fully saturated rings. The molecule has 0 amide bonds. The number of hydrogen-bond donors (Lipinski definition) is 1. The van der Waals surface area contributed by atoms with Crippen LogP contribution >= 0.6 is 0 Å². The maximum absolute atomic E-state index is 11.2. The molecule has 0 atom stereocenters. The topological polar surface area (TPSA) is 59.4 Å². The predicted molar refractivity (Wildman–Crippen MR) is 63.6 cm³/mol. The van der Waals surface area contributed by atoms with Crippen molar-refractivity contribution in [1.82, 2.24) is 4.98 Å². The third kappa shape index (κ3) is 2.12. The van der Waals surface area contributed by atoms with Crippen LogP contribution in [0.4, 0.5) is 0 Å². The largest absolute Gasteiger partial charge is 0.478 e. The Morgan fingerprint density at radius 2 is 2.24 bits per heavy atom. The van der Waals surface area contributed by atoms with E-state index in [2.05, 4.69) is 11.9 Å². The molecule has 0 aliphatic heterocycles. The van der Waals surface area contributed by atoms with Gasteiger partial charge in [0, 0.05) is 11.5 Å². The zero-order valence-corrected chi connectivity index (χ0v) is 10.2. The highest BCUT2D eigenvalue weighted by Crippen LogP contribution is 2.44. The van der Waals surface area contributed by atoms with Gasteiger partial charge in [0.05, 0.1) is 17.9 Å². The summed E-state index contributed by atoms with van der Waals surface area (Å²) in [6.07, 6.45) is 3.13. The van der Waals surface area contributed by atoms with Gasteiger partial charge in [-0.05, 0) is 25.8 Å². The lowest BCUT2D eigenvalue weighted by Gasteiger charge is -2.38. The van der Waals surface area contributed by atoms with Crippen LogP contribution in [0.3, 0.4) is 0 Å². The van der Waals surface area contributed by atoms with E-state index < -0.39 is 5.97 Å². The van der Waals surface area contributed by atoms with Gasteiger partial charge in [-0.3, -0.25) is 0 Å². The van der Waals surface area contributed by atoms with Gasteiger partial charge < -0.3 is 9.84 Å². The Labute approximate surface area is 101 Å². The third-order valence-electron chi connectivity index (χ3n) is 3.42. The van der Waals surface area contributed by atoms with E-state index in [1.165, 1.54) is 0 Å². The molecule has 4 heteroatoms. The molecule has 1 saturated carbocycles. The Bertz CT molecular complexity index is 438. The van der Waals surface area contributed by atoms with Crippen LogP contribution in [0.25, 0.3) is 0 Å². The van der Waals surface area contributed by atoms with Crippen LogP contribution in [0.2, 0.25) is 0 Å². The monoisotopic (exact) mass is 235 g/mol. The van der Waals surface area contributed by atoms with E-state index in [-0.39, 0.29) is 5.41 Å². The van der Waals surface area contributed by atoms with Crippen LogP contribution in [-0.2, 0) is 5.41 Å². The van der Waals surface area contributed by atoms with Crippen LogP contribution < -0.4 is 4.74 Å². The number of carboxylic acid groups (broad SMARTS) is 1. The summed E-state index contributed by atoms with van der Waals surface area (Å²) in [4.78, 5) is 15.6. The highest BCUT2D eigenvalue weighted by molar-refractivity contribution is 5.89. The number of ether oxygens (including phenoxy) is 1. The van der Waals surface area contributed by atoms with Gasteiger partial charge in [-0.1, -0.05) is 13.3 Å². The van der Waals surface area contributed by atoms with Crippen molar-refractivity contribution in [3.8, 4) is 5.88 Å². The molecule has 2 rings (SSSR count). The smallest absolute Gasteiger partial charge is 0.337 e. The van der Waals surface area contributed by atoms with Crippen LogP contribution in [0, 0.1) is 0 Å². The van der Waals surface area contributed by atoms with Gasteiger partial charge >= 0.3 is 5.97 Å². The van der Waals surface area contributed by atoms with Gasteiger partial charge in [0.1, 0.15) is 0 Å². The summed E-state index contributed by atoms with van der Waals surface area (Å²) in [5.74, 6) is -0.399. The van der Waals surface area contributed by atoms with Crippen molar-refractivity contribution >= 4 is 5.97 Å². The highest BCUT2D eigenvalue weighted by atomic mass is 16.5. The van der Waals surface area contributed by atoms with Gasteiger partial charge in [-0.25, -0.2) is 9.78 Å². The Kier molecular flexibility index (Phi) is 3.05. The molecule has 92 valence electrons. The van der Waals surface area contributed by atoms with Crippen molar-refractivity contribution in [1.29, 1.82) is 0 Å². The number of aromatic carboxylic acids is 1. The molecule has 1 heterocycles. The standard InChI is InChI=1S/C13H17NO3/c1-3-17-10-6-5-9(12(15)16)11(14-10)13(2)7-4-8-13/h5-6H,3-4,7-8H2,1-2H3,(H,15,16). The number of carbonyl (C=O) groups is 1. The molecule has 1 N–H and O–H groups in total. The highest BCUT2D eigenvalue weighted by Gasteiger charge is 2.38. The molecular formula is C13H17NO3. The lowest BCUT2D eigenvalue weighted by Crippen LogP contribution is -2.33. The van der Waals surface area contributed by atoms with Crippen LogP contribution in [-0.4, -0.2) is 22.7 Å². The number of hydrogen-bond acceptors (Lipinski definition) is 3. The fraction of sp³-hybridized carbons (Fsp3) is 0.538. The van der Waals surface area contributed by atoms with Crippen molar-refractivity contribution in [2.75, 3.05) is 6.61 Å². The number of pyridine rings is 1. The van der Waals surface area contributed by atoms with E-state index >= 15 is 0 Å². The summed E-state index contributed by atoms with van der Waals surface area (Å²) in [6.45, 7) is 4.49. The average Bonchev–Trinajstić information content (AvgIpc) is 2.26. The molecule has 0 aromatic carbocycles. The molecule has 1 aliphatic carbocycles. The van der Waals surface area contributed by atoms with E-state index in [1.54, 1.807) is 12.1 Å². The number of nitrogens with zero attached hydrogens (tertiary/aromatic N) is 1. The number of rotatable bonds is 4. The Balaban J connectivity index is 2.44. The quantitative estimate of drug-likeness (QED) is 0.871. The Morgan fingerprint density at radius 3 is 2.71 bits per heavy atom. The molecule has 0 bridgehead atoms. The molecule has 1 aromatic heterocycles. The molecule has 1 aliphatic rings. The summed E-state index contributed by atoms with van der Waals surface area (Å²) in [5.41, 5.74) is 0.874. The molecule has 0 spiro atoms. The second kappa shape index (κ2) is 4.35. The molecule has 17 heavy (non-hydrogen) atoms. The van der Waals surface area contributed by atoms with Gasteiger partial charge in [0.15, 0.2) is 0 Å². The van der Waals surface area contributed by atoms with Gasteiger partial charge in [0.25, 0.3) is 0 Å². The fourth-order valence-corrected chi connectivity index (χ4v) is 2.25. The van der Waals surface area contributed by atoms with Crippen LogP contribution in [0.1, 0.15) is 49.2 Å². The SMILES string of the molecule is CCOc1ccc(C(=O)O)c(C2(C)CCC2)n1. The predicted octanol–water partition coefficient (Wildman–Crippen LogP) is 2.62. The Morgan fingerprint density at radius 1 is 1.53 bits per heavy atom. The van der Waals surface area contributed by atoms with Crippen molar-refractivity contribution in [3.05, 3.63) is 23.4 Å². The number of carboxylic acids is 1. The van der Waals surface area contributed by atoms with E-state index in [4.69, 9.17) is 4.74 Å². The zero-order chi connectivity index (χ0) is 12.5. The van der Waals surface area contributed by atoms with Crippen molar-refractivity contribution < 1.29 is 14.6 Å². The summed E-state index contributed by atoms with van der Waals surface area (Å²) >= 11 is 0. The second-order valence-corrected chi connectivity index (χ2v) is 4.70. The summed E-state index contributed by atoms with van der Waals surface area (Å²) < 4.78 is 5.34. The van der Waals surface area contributed by atoms with E-state index in [0.717, 1.165) is 19.3 Å². The molecule has 0 saturated heterocycles. The zero-order valence-electron chi connectivity index (χ0n) is 10.2. The first-order valence-electron chi connectivity index (χ1n) is 5.94. The lowest BCUT2D eigenvalue weighted by molar-refractivity contribution is 0.0690. The Hall–Kier alpha value is -1.58.